The minimum absolute atomic E-state index is 0.840. The van der Waals surface area contributed by atoms with E-state index in [2.05, 4.69) is 59.1 Å². The summed E-state index contributed by atoms with van der Waals surface area (Å²) in [5, 5.41) is 3.48. The van der Waals surface area contributed by atoms with E-state index in [-0.39, 0.29) is 0 Å². The third kappa shape index (κ3) is 3.78. The van der Waals surface area contributed by atoms with Crippen LogP contribution in [-0.4, -0.2) is 41.6 Å². The summed E-state index contributed by atoms with van der Waals surface area (Å²) in [5.74, 6) is 1.11. The number of nitrogens with zero attached hydrogens (tertiary/aromatic N) is 3. The van der Waals surface area contributed by atoms with E-state index in [1.807, 2.05) is 6.07 Å². The van der Waals surface area contributed by atoms with Crippen LogP contribution in [0.4, 0.5) is 0 Å². The van der Waals surface area contributed by atoms with Crippen molar-refractivity contribution in [3.63, 3.8) is 0 Å². The number of benzene rings is 1. The van der Waals surface area contributed by atoms with Crippen LogP contribution in [0.3, 0.4) is 0 Å². The van der Waals surface area contributed by atoms with Crippen molar-refractivity contribution in [3.8, 4) is 0 Å². The van der Waals surface area contributed by atoms with Crippen LogP contribution in [0.2, 0.25) is 0 Å². The Hall–Kier alpha value is -1.39. The Labute approximate surface area is 115 Å². The van der Waals surface area contributed by atoms with Gasteiger partial charge < -0.3 is 14.8 Å². The summed E-state index contributed by atoms with van der Waals surface area (Å²) < 4.78 is 2.17. The van der Waals surface area contributed by atoms with Gasteiger partial charge >= 0.3 is 0 Å². The van der Waals surface area contributed by atoms with Crippen molar-refractivity contribution in [1.29, 1.82) is 0 Å². The van der Waals surface area contributed by atoms with Gasteiger partial charge in [0.05, 0.1) is 17.6 Å². The molecule has 0 fully saturated rings. The molecule has 104 valence electrons. The van der Waals surface area contributed by atoms with Gasteiger partial charge in [-0.15, -0.1) is 0 Å². The van der Waals surface area contributed by atoms with Crippen LogP contribution in [-0.2, 0) is 13.6 Å². The average Bonchev–Trinajstić information content (AvgIpc) is 2.71. The number of hydrogen-bond donors (Lipinski definition) is 1. The smallest absolute Gasteiger partial charge is 0.123 e. The molecule has 1 N–H and O–H groups in total. The number of imidazole rings is 1. The third-order valence-corrected chi connectivity index (χ3v) is 3.37. The minimum Gasteiger partial charge on any atom is -0.330 e. The summed E-state index contributed by atoms with van der Waals surface area (Å²) in [6.45, 7) is 3.05. The first kappa shape index (κ1) is 14.0. The monoisotopic (exact) mass is 260 g/mol. The number of aryl methyl sites for hydroxylation is 1. The van der Waals surface area contributed by atoms with Gasteiger partial charge in [-0.2, -0.15) is 0 Å². The van der Waals surface area contributed by atoms with Crippen LogP contribution in [0.1, 0.15) is 18.7 Å². The molecule has 0 unspecified atom stereocenters. The molecular formula is C15H24N4. The second-order valence-electron chi connectivity index (χ2n) is 5.26. The van der Waals surface area contributed by atoms with E-state index in [0.717, 1.165) is 31.0 Å². The lowest BCUT2D eigenvalue weighted by molar-refractivity contribution is 0.391. The van der Waals surface area contributed by atoms with E-state index in [9.17, 15) is 0 Å². The van der Waals surface area contributed by atoms with Crippen LogP contribution < -0.4 is 5.32 Å². The van der Waals surface area contributed by atoms with Crippen LogP contribution in [0, 0.1) is 0 Å². The highest BCUT2D eigenvalue weighted by molar-refractivity contribution is 5.75. The lowest BCUT2D eigenvalue weighted by atomic mass is 10.3. The Morgan fingerprint density at radius 3 is 2.74 bits per heavy atom. The van der Waals surface area contributed by atoms with Crippen molar-refractivity contribution in [2.24, 2.45) is 7.05 Å². The number of rotatable bonds is 7. The maximum Gasteiger partial charge on any atom is 0.123 e. The molecule has 0 spiro atoms. The molecule has 1 aromatic carbocycles. The summed E-state index contributed by atoms with van der Waals surface area (Å²) >= 11 is 0. The fourth-order valence-corrected chi connectivity index (χ4v) is 2.23. The molecule has 1 heterocycles. The van der Waals surface area contributed by atoms with Gasteiger partial charge in [0.2, 0.25) is 0 Å². The van der Waals surface area contributed by atoms with Crippen LogP contribution in [0.5, 0.6) is 0 Å². The molecule has 0 aliphatic carbocycles. The maximum atomic E-state index is 4.65. The molecule has 0 aliphatic rings. The molecule has 4 heteroatoms. The van der Waals surface area contributed by atoms with Gasteiger partial charge in [-0.1, -0.05) is 12.1 Å². The number of para-hydroxylation sites is 2. The second-order valence-corrected chi connectivity index (χ2v) is 5.26. The second kappa shape index (κ2) is 6.68. The predicted molar refractivity (Wildman–Crippen MR) is 80.2 cm³/mol. The molecule has 0 radical (unpaired) electrons. The van der Waals surface area contributed by atoms with Crippen molar-refractivity contribution < 1.29 is 0 Å². The minimum atomic E-state index is 0.840. The highest BCUT2D eigenvalue weighted by atomic mass is 15.1. The van der Waals surface area contributed by atoms with Gasteiger partial charge in [0, 0.05) is 7.05 Å². The fourth-order valence-electron chi connectivity index (χ4n) is 2.23. The number of nitrogens with one attached hydrogen (secondary N) is 1. The first-order valence-corrected chi connectivity index (χ1v) is 6.94. The normalized spacial score (nSPS) is 11.6. The van der Waals surface area contributed by atoms with E-state index in [0.29, 0.717) is 0 Å². The van der Waals surface area contributed by atoms with E-state index in [1.54, 1.807) is 0 Å². The number of fused-ring (bicyclic) bond motifs is 1. The predicted octanol–water partition coefficient (Wildman–Crippen LogP) is 2.00. The molecule has 4 nitrogen and oxygen atoms in total. The molecule has 0 aliphatic heterocycles. The molecule has 2 aromatic rings. The van der Waals surface area contributed by atoms with Crippen molar-refractivity contribution in [2.45, 2.75) is 19.4 Å². The summed E-state index contributed by atoms with van der Waals surface area (Å²) in [6, 6.07) is 8.27. The Morgan fingerprint density at radius 1 is 1.21 bits per heavy atom. The Bertz CT molecular complexity index is 516. The molecule has 0 atom stereocenters. The van der Waals surface area contributed by atoms with Crippen molar-refractivity contribution >= 4 is 11.0 Å². The summed E-state index contributed by atoms with van der Waals surface area (Å²) in [5.41, 5.74) is 2.28. The standard InChI is InChI=1S/C15H24N4/c1-18(2)11-7-6-10-16-12-15-17-13-8-4-5-9-14(13)19(15)3/h4-5,8-9,16H,6-7,10-12H2,1-3H3. The molecule has 1 aromatic heterocycles. The molecule has 0 bridgehead atoms. The Kier molecular flexibility index (Phi) is 4.93. The van der Waals surface area contributed by atoms with Crippen LogP contribution in [0.25, 0.3) is 11.0 Å². The van der Waals surface area contributed by atoms with Gasteiger partial charge in [0.15, 0.2) is 0 Å². The Morgan fingerprint density at radius 2 is 2.00 bits per heavy atom. The molecule has 19 heavy (non-hydrogen) atoms. The zero-order valence-electron chi connectivity index (χ0n) is 12.2. The highest BCUT2D eigenvalue weighted by Crippen LogP contribution is 2.13. The van der Waals surface area contributed by atoms with E-state index >= 15 is 0 Å². The lowest BCUT2D eigenvalue weighted by Gasteiger charge is -2.09. The lowest BCUT2D eigenvalue weighted by Crippen LogP contribution is -2.19. The largest absolute Gasteiger partial charge is 0.330 e. The van der Waals surface area contributed by atoms with Gasteiger partial charge in [0.1, 0.15) is 5.82 Å². The van der Waals surface area contributed by atoms with E-state index < -0.39 is 0 Å². The van der Waals surface area contributed by atoms with Crippen LogP contribution in [0.15, 0.2) is 24.3 Å². The molecule has 0 saturated heterocycles. The Balaban J connectivity index is 1.80. The zero-order chi connectivity index (χ0) is 13.7. The summed E-state index contributed by atoms with van der Waals surface area (Å²) in [4.78, 5) is 6.88. The molecule has 0 saturated carbocycles. The topological polar surface area (TPSA) is 33.1 Å². The molecular weight excluding hydrogens is 236 g/mol. The number of hydrogen-bond acceptors (Lipinski definition) is 3. The third-order valence-electron chi connectivity index (χ3n) is 3.37. The average molecular weight is 260 g/mol. The van der Waals surface area contributed by atoms with Crippen molar-refractivity contribution in [1.82, 2.24) is 19.8 Å². The van der Waals surface area contributed by atoms with Crippen molar-refractivity contribution in [2.75, 3.05) is 27.2 Å². The van der Waals surface area contributed by atoms with Crippen LogP contribution >= 0.6 is 0 Å². The highest BCUT2D eigenvalue weighted by Gasteiger charge is 2.05. The summed E-state index contributed by atoms with van der Waals surface area (Å²) in [7, 11) is 6.32. The first-order valence-electron chi connectivity index (χ1n) is 6.94. The summed E-state index contributed by atoms with van der Waals surface area (Å²) in [6.07, 6.45) is 2.45. The van der Waals surface area contributed by atoms with Gasteiger partial charge in [-0.05, 0) is 52.2 Å². The van der Waals surface area contributed by atoms with E-state index in [1.165, 1.54) is 18.4 Å². The number of unbranched alkanes of at least 4 members (excludes halogenated alkanes) is 1. The SMILES string of the molecule is CN(C)CCCCNCc1nc2ccccc2n1C. The number of aromatic nitrogens is 2. The van der Waals surface area contributed by atoms with Gasteiger partial charge in [0.25, 0.3) is 0 Å². The maximum absolute atomic E-state index is 4.65. The first-order chi connectivity index (χ1) is 9.18. The molecule has 0 amide bonds. The zero-order valence-corrected chi connectivity index (χ0v) is 12.2. The van der Waals surface area contributed by atoms with Gasteiger partial charge in [-0.25, -0.2) is 4.98 Å². The van der Waals surface area contributed by atoms with Gasteiger partial charge in [-0.3, -0.25) is 0 Å². The van der Waals surface area contributed by atoms with Crippen molar-refractivity contribution in [3.05, 3.63) is 30.1 Å². The quantitative estimate of drug-likeness (QED) is 0.773. The molecule has 2 rings (SSSR count). The fraction of sp³-hybridized carbons (Fsp3) is 0.533. The van der Waals surface area contributed by atoms with E-state index in [4.69, 9.17) is 0 Å².